The molecule has 1 unspecified atom stereocenters. The lowest BCUT2D eigenvalue weighted by atomic mass is 10.2. The number of anilines is 1. The van der Waals surface area contributed by atoms with Crippen molar-refractivity contribution in [3.05, 3.63) is 46.2 Å². The van der Waals surface area contributed by atoms with Gasteiger partial charge in [0.15, 0.2) is 6.10 Å². The Kier molecular flexibility index (Phi) is 4.59. The zero-order valence-corrected chi connectivity index (χ0v) is 12.4. The average molecular weight is 305 g/mol. The zero-order valence-electron chi connectivity index (χ0n) is 11.6. The number of benzene rings is 1. The molecular formula is C15H15NO4S. The van der Waals surface area contributed by atoms with Crippen molar-refractivity contribution >= 4 is 28.9 Å². The third kappa shape index (κ3) is 3.82. The minimum absolute atomic E-state index is 0.103. The average Bonchev–Trinajstić information content (AvgIpc) is 2.89. The first-order valence-corrected chi connectivity index (χ1v) is 7.20. The normalized spacial score (nSPS) is 11.7. The van der Waals surface area contributed by atoms with Crippen LogP contribution in [0.25, 0.3) is 0 Å². The molecule has 1 amide bonds. The smallest absolute Gasteiger partial charge is 0.348 e. The highest BCUT2D eigenvalue weighted by Crippen LogP contribution is 2.22. The molecule has 110 valence electrons. The topological polar surface area (TPSA) is 75.6 Å². The molecule has 21 heavy (non-hydrogen) atoms. The zero-order chi connectivity index (χ0) is 15.4. The van der Waals surface area contributed by atoms with E-state index in [9.17, 15) is 9.59 Å². The van der Waals surface area contributed by atoms with Crippen molar-refractivity contribution in [3.8, 4) is 5.75 Å². The van der Waals surface area contributed by atoms with Crippen LogP contribution in [0.1, 0.15) is 22.2 Å². The minimum atomic E-state index is -1.06. The number of nitrogens with one attached hydrogen (secondary N) is 1. The Balaban J connectivity index is 2.01. The van der Waals surface area contributed by atoms with Crippen LogP contribution >= 0.6 is 11.3 Å². The predicted molar refractivity (Wildman–Crippen MR) is 81.2 cm³/mol. The summed E-state index contributed by atoms with van der Waals surface area (Å²) in [6.07, 6.45) is -0.728. The molecule has 2 N–H and O–H groups in total. The molecule has 2 rings (SSSR count). The molecule has 0 saturated heterocycles. The number of ether oxygens (including phenoxy) is 1. The predicted octanol–water partition coefficient (Wildman–Crippen LogP) is 3.16. The Morgan fingerprint density at radius 3 is 2.52 bits per heavy atom. The van der Waals surface area contributed by atoms with Crippen LogP contribution in [0.15, 0.2) is 35.7 Å². The standard InChI is InChI=1S/C15H15NO4S/c1-9-3-5-11(6-4-9)20-10(2)14(17)16-12-7-8-21-13(12)15(18)19/h3-8,10H,1-2H3,(H,16,17)(H,18,19). The number of aryl methyl sites for hydroxylation is 1. The molecule has 1 aromatic carbocycles. The molecule has 0 spiro atoms. The highest BCUT2D eigenvalue weighted by atomic mass is 32.1. The van der Waals surface area contributed by atoms with Crippen LogP contribution in [-0.2, 0) is 4.79 Å². The Labute approximate surface area is 126 Å². The van der Waals surface area contributed by atoms with E-state index in [1.807, 2.05) is 19.1 Å². The second kappa shape index (κ2) is 6.41. The number of hydrogen-bond donors (Lipinski definition) is 2. The number of carboxylic acid groups (broad SMARTS) is 1. The van der Waals surface area contributed by atoms with Crippen LogP contribution in [0.5, 0.6) is 5.75 Å². The molecule has 2 aromatic rings. The van der Waals surface area contributed by atoms with Crippen molar-refractivity contribution in [2.24, 2.45) is 0 Å². The Morgan fingerprint density at radius 1 is 1.24 bits per heavy atom. The van der Waals surface area contributed by atoms with Gasteiger partial charge in [0.1, 0.15) is 10.6 Å². The van der Waals surface area contributed by atoms with Gasteiger partial charge in [-0.1, -0.05) is 17.7 Å². The Morgan fingerprint density at radius 2 is 1.90 bits per heavy atom. The van der Waals surface area contributed by atoms with Crippen LogP contribution in [0.4, 0.5) is 5.69 Å². The molecule has 0 fully saturated rings. The summed E-state index contributed by atoms with van der Waals surface area (Å²) in [6.45, 7) is 3.58. The van der Waals surface area contributed by atoms with Crippen molar-refractivity contribution in [2.75, 3.05) is 5.32 Å². The highest BCUT2D eigenvalue weighted by Gasteiger charge is 2.19. The van der Waals surface area contributed by atoms with Crippen LogP contribution < -0.4 is 10.1 Å². The van der Waals surface area contributed by atoms with Gasteiger partial charge in [-0.05, 0) is 37.4 Å². The van der Waals surface area contributed by atoms with Gasteiger partial charge < -0.3 is 15.2 Å². The number of carbonyl (C=O) groups excluding carboxylic acids is 1. The summed E-state index contributed by atoms with van der Waals surface area (Å²) in [4.78, 5) is 23.1. The molecule has 0 bridgehead atoms. The van der Waals surface area contributed by atoms with E-state index in [0.29, 0.717) is 5.75 Å². The van der Waals surface area contributed by atoms with E-state index in [-0.39, 0.29) is 10.6 Å². The number of carboxylic acids is 1. The molecule has 1 heterocycles. The van der Waals surface area contributed by atoms with Gasteiger partial charge in [-0.2, -0.15) is 0 Å². The van der Waals surface area contributed by atoms with Crippen molar-refractivity contribution < 1.29 is 19.4 Å². The van der Waals surface area contributed by atoms with Crippen molar-refractivity contribution in [3.63, 3.8) is 0 Å². The summed E-state index contributed by atoms with van der Waals surface area (Å²) >= 11 is 1.06. The lowest BCUT2D eigenvalue weighted by Crippen LogP contribution is -2.30. The number of carbonyl (C=O) groups is 2. The fraction of sp³-hybridized carbons (Fsp3) is 0.200. The molecule has 0 saturated carbocycles. The number of thiophene rings is 1. The number of aromatic carboxylic acids is 1. The molecule has 1 aromatic heterocycles. The monoisotopic (exact) mass is 305 g/mol. The van der Waals surface area contributed by atoms with Crippen LogP contribution in [-0.4, -0.2) is 23.1 Å². The van der Waals surface area contributed by atoms with Crippen molar-refractivity contribution in [2.45, 2.75) is 20.0 Å². The summed E-state index contributed by atoms with van der Waals surface area (Å²) in [5, 5.41) is 13.2. The van der Waals surface area contributed by atoms with E-state index in [1.165, 1.54) is 0 Å². The fourth-order valence-electron chi connectivity index (χ4n) is 1.68. The van der Waals surface area contributed by atoms with Crippen LogP contribution in [0.3, 0.4) is 0 Å². The van der Waals surface area contributed by atoms with E-state index < -0.39 is 18.0 Å². The summed E-state index contributed by atoms with van der Waals surface area (Å²) in [6, 6.07) is 8.91. The quantitative estimate of drug-likeness (QED) is 0.889. The maximum Gasteiger partial charge on any atom is 0.348 e. The molecule has 1 atom stereocenters. The molecule has 5 nitrogen and oxygen atoms in total. The van der Waals surface area contributed by atoms with E-state index in [1.54, 1.807) is 30.5 Å². The largest absolute Gasteiger partial charge is 0.481 e. The van der Waals surface area contributed by atoms with Gasteiger partial charge in [-0.3, -0.25) is 4.79 Å². The first kappa shape index (κ1) is 15.1. The highest BCUT2D eigenvalue weighted by molar-refractivity contribution is 7.12. The maximum atomic E-state index is 12.0. The maximum absolute atomic E-state index is 12.0. The summed E-state index contributed by atoms with van der Waals surface area (Å²) in [5.74, 6) is -0.865. The second-order valence-electron chi connectivity index (χ2n) is 4.53. The van der Waals surface area contributed by atoms with Gasteiger partial charge in [0.2, 0.25) is 0 Å². The Bertz CT molecular complexity index is 648. The summed E-state index contributed by atoms with van der Waals surface area (Å²) in [5.41, 5.74) is 1.39. The number of hydrogen-bond acceptors (Lipinski definition) is 4. The van der Waals surface area contributed by atoms with E-state index in [0.717, 1.165) is 16.9 Å². The van der Waals surface area contributed by atoms with Gasteiger partial charge >= 0.3 is 5.97 Å². The molecule has 0 radical (unpaired) electrons. The lowest BCUT2D eigenvalue weighted by molar-refractivity contribution is -0.122. The first-order valence-electron chi connectivity index (χ1n) is 6.32. The Hall–Kier alpha value is -2.34. The summed E-state index contributed by atoms with van der Waals surface area (Å²) < 4.78 is 5.52. The molecule has 6 heteroatoms. The number of rotatable bonds is 5. The molecule has 0 aliphatic heterocycles. The first-order chi connectivity index (χ1) is 9.97. The summed E-state index contributed by atoms with van der Waals surface area (Å²) in [7, 11) is 0. The van der Waals surface area contributed by atoms with Gasteiger partial charge in [-0.15, -0.1) is 11.3 Å². The molecule has 0 aliphatic rings. The second-order valence-corrected chi connectivity index (χ2v) is 5.45. The van der Waals surface area contributed by atoms with Gasteiger partial charge in [0, 0.05) is 0 Å². The fourth-order valence-corrected chi connectivity index (χ4v) is 2.37. The van der Waals surface area contributed by atoms with Crippen molar-refractivity contribution in [1.82, 2.24) is 0 Å². The van der Waals surface area contributed by atoms with Gasteiger partial charge in [0.25, 0.3) is 5.91 Å². The third-order valence-corrected chi connectivity index (χ3v) is 3.72. The van der Waals surface area contributed by atoms with Gasteiger partial charge in [-0.25, -0.2) is 4.79 Å². The third-order valence-electron chi connectivity index (χ3n) is 2.82. The number of amides is 1. The van der Waals surface area contributed by atoms with Gasteiger partial charge in [0.05, 0.1) is 5.69 Å². The lowest BCUT2D eigenvalue weighted by Gasteiger charge is -2.14. The van der Waals surface area contributed by atoms with E-state index in [4.69, 9.17) is 9.84 Å². The molecular weight excluding hydrogens is 290 g/mol. The minimum Gasteiger partial charge on any atom is -0.481 e. The van der Waals surface area contributed by atoms with Crippen molar-refractivity contribution in [1.29, 1.82) is 0 Å². The van der Waals surface area contributed by atoms with E-state index >= 15 is 0 Å². The van der Waals surface area contributed by atoms with Crippen LogP contribution in [0.2, 0.25) is 0 Å². The van der Waals surface area contributed by atoms with E-state index in [2.05, 4.69) is 5.32 Å². The molecule has 0 aliphatic carbocycles. The SMILES string of the molecule is Cc1ccc(OC(C)C(=O)Nc2ccsc2C(=O)O)cc1. The van der Waals surface area contributed by atoms with Crippen LogP contribution in [0, 0.1) is 6.92 Å².